The third-order valence-corrected chi connectivity index (χ3v) is 3.99. The lowest BCUT2D eigenvalue weighted by molar-refractivity contribution is -0.117. The summed E-state index contributed by atoms with van der Waals surface area (Å²) in [7, 11) is 0. The monoisotopic (exact) mass is 312 g/mol. The number of aryl methyl sites for hydroxylation is 1. The van der Waals surface area contributed by atoms with Crippen molar-refractivity contribution in [1.82, 2.24) is 5.32 Å². The smallest absolute Gasteiger partial charge is 0.251 e. The lowest BCUT2D eigenvalue weighted by atomic mass is 10.1. The summed E-state index contributed by atoms with van der Waals surface area (Å²) in [5.41, 5.74) is 2.15. The molecule has 0 spiro atoms. The molecule has 0 saturated carbocycles. The predicted octanol–water partition coefficient (Wildman–Crippen LogP) is 2.67. The van der Waals surface area contributed by atoms with E-state index in [1.807, 2.05) is 25.1 Å². The maximum atomic E-state index is 13.0. The zero-order valence-corrected chi connectivity index (χ0v) is 12.8. The molecule has 0 unspecified atom stereocenters. The molecule has 0 bridgehead atoms. The van der Waals surface area contributed by atoms with Gasteiger partial charge in [0.1, 0.15) is 5.82 Å². The summed E-state index contributed by atoms with van der Waals surface area (Å²) in [5.74, 6) is -0.599. The number of carbonyl (C=O) groups is 2. The molecule has 1 atom stereocenters. The first kappa shape index (κ1) is 15.2. The minimum atomic E-state index is -0.343. The molecular formula is C18H17FN2O2. The fraction of sp³-hybridized carbons (Fsp3) is 0.222. The van der Waals surface area contributed by atoms with Crippen molar-refractivity contribution in [2.45, 2.75) is 19.4 Å². The van der Waals surface area contributed by atoms with E-state index in [4.69, 9.17) is 0 Å². The van der Waals surface area contributed by atoms with Crippen LogP contribution in [0, 0.1) is 12.7 Å². The Labute approximate surface area is 133 Å². The lowest BCUT2D eigenvalue weighted by Gasteiger charge is -2.17. The van der Waals surface area contributed by atoms with Crippen molar-refractivity contribution in [2.24, 2.45) is 0 Å². The molecule has 1 heterocycles. The van der Waals surface area contributed by atoms with Crippen LogP contribution in [0.3, 0.4) is 0 Å². The van der Waals surface area contributed by atoms with E-state index in [1.165, 1.54) is 12.1 Å². The summed E-state index contributed by atoms with van der Waals surface area (Å²) in [6, 6.07) is 12.9. The maximum Gasteiger partial charge on any atom is 0.251 e. The van der Waals surface area contributed by atoms with E-state index >= 15 is 0 Å². The van der Waals surface area contributed by atoms with Crippen LogP contribution in [0.15, 0.2) is 48.5 Å². The first-order valence-electron chi connectivity index (χ1n) is 7.47. The standard InChI is InChI=1S/C18H17FN2O2/c1-12-4-2-3-5-16(12)18(23)20-14-10-17(22)21(11-14)15-8-6-13(19)7-9-15/h2-9,14H,10-11H2,1H3,(H,20,23)/t14-/m1/s1. The van der Waals surface area contributed by atoms with Gasteiger partial charge in [-0.3, -0.25) is 9.59 Å². The first-order valence-corrected chi connectivity index (χ1v) is 7.47. The molecule has 2 aromatic carbocycles. The molecule has 1 saturated heterocycles. The van der Waals surface area contributed by atoms with Crippen molar-refractivity contribution in [1.29, 1.82) is 0 Å². The van der Waals surface area contributed by atoms with Gasteiger partial charge in [0.2, 0.25) is 5.91 Å². The minimum absolute atomic E-state index is 0.0771. The number of nitrogens with one attached hydrogen (secondary N) is 1. The molecule has 23 heavy (non-hydrogen) atoms. The van der Waals surface area contributed by atoms with Gasteiger partial charge in [0, 0.05) is 24.2 Å². The highest BCUT2D eigenvalue weighted by atomic mass is 19.1. The highest BCUT2D eigenvalue weighted by Gasteiger charge is 2.31. The summed E-state index contributed by atoms with van der Waals surface area (Å²) in [4.78, 5) is 26.0. The van der Waals surface area contributed by atoms with Crippen molar-refractivity contribution in [2.75, 3.05) is 11.4 Å². The van der Waals surface area contributed by atoms with Gasteiger partial charge >= 0.3 is 0 Å². The Bertz CT molecular complexity index is 743. The number of nitrogens with zero attached hydrogens (tertiary/aromatic N) is 1. The molecule has 1 fully saturated rings. The number of hydrogen-bond donors (Lipinski definition) is 1. The van der Waals surface area contributed by atoms with E-state index < -0.39 is 0 Å². The van der Waals surface area contributed by atoms with Gasteiger partial charge in [-0.1, -0.05) is 18.2 Å². The average Bonchev–Trinajstić information content (AvgIpc) is 2.89. The van der Waals surface area contributed by atoms with Crippen molar-refractivity contribution in [3.63, 3.8) is 0 Å². The fourth-order valence-corrected chi connectivity index (χ4v) is 2.77. The number of rotatable bonds is 3. The Balaban J connectivity index is 1.69. The predicted molar refractivity (Wildman–Crippen MR) is 85.8 cm³/mol. The van der Waals surface area contributed by atoms with Gasteiger partial charge in [-0.15, -0.1) is 0 Å². The quantitative estimate of drug-likeness (QED) is 0.947. The summed E-state index contributed by atoms with van der Waals surface area (Å²) in [6.45, 7) is 2.27. The number of halogens is 1. The zero-order chi connectivity index (χ0) is 16.4. The lowest BCUT2D eigenvalue weighted by Crippen LogP contribution is -2.37. The Hall–Kier alpha value is -2.69. The van der Waals surface area contributed by atoms with Gasteiger partial charge in [-0.25, -0.2) is 4.39 Å². The van der Waals surface area contributed by atoms with E-state index in [-0.39, 0.29) is 30.1 Å². The molecule has 4 nitrogen and oxygen atoms in total. The maximum absolute atomic E-state index is 13.0. The number of anilines is 1. The highest BCUT2D eigenvalue weighted by molar-refractivity contribution is 5.99. The van der Waals surface area contributed by atoms with Crippen molar-refractivity contribution >= 4 is 17.5 Å². The average molecular weight is 312 g/mol. The second-order valence-corrected chi connectivity index (χ2v) is 5.67. The molecule has 3 rings (SSSR count). The molecule has 0 aliphatic carbocycles. The van der Waals surface area contributed by atoms with Gasteiger partial charge in [-0.05, 0) is 42.8 Å². The molecule has 2 amide bonds. The molecule has 2 aromatic rings. The van der Waals surface area contributed by atoms with Crippen LogP contribution < -0.4 is 10.2 Å². The van der Waals surface area contributed by atoms with Crippen LogP contribution in [-0.4, -0.2) is 24.4 Å². The SMILES string of the molecule is Cc1ccccc1C(=O)N[C@@H]1CC(=O)N(c2ccc(F)cc2)C1. The van der Waals surface area contributed by atoms with E-state index in [2.05, 4.69) is 5.32 Å². The Morgan fingerprint density at radius 3 is 2.57 bits per heavy atom. The Morgan fingerprint density at radius 1 is 1.17 bits per heavy atom. The molecule has 0 aromatic heterocycles. The van der Waals surface area contributed by atoms with Crippen molar-refractivity contribution < 1.29 is 14.0 Å². The topological polar surface area (TPSA) is 49.4 Å². The van der Waals surface area contributed by atoms with Crippen LogP contribution in [0.4, 0.5) is 10.1 Å². The molecule has 118 valence electrons. The van der Waals surface area contributed by atoms with Gasteiger partial charge in [-0.2, -0.15) is 0 Å². The minimum Gasteiger partial charge on any atom is -0.347 e. The molecule has 1 aliphatic rings. The molecule has 0 radical (unpaired) electrons. The van der Waals surface area contributed by atoms with Crippen LogP contribution in [-0.2, 0) is 4.79 Å². The Kier molecular flexibility index (Phi) is 4.10. The van der Waals surface area contributed by atoms with Gasteiger partial charge in [0.15, 0.2) is 0 Å². The zero-order valence-electron chi connectivity index (χ0n) is 12.8. The second-order valence-electron chi connectivity index (χ2n) is 5.67. The third-order valence-electron chi connectivity index (χ3n) is 3.99. The second kappa shape index (κ2) is 6.20. The van der Waals surface area contributed by atoms with Crippen molar-refractivity contribution in [3.8, 4) is 0 Å². The highest BCUT2D eigenvalue weighted by Crippen LogP contribution is 2.22. The van der Waals surface area contributed by atoms with E-state index in [9.17, 15) is 14.0 Å². The molecular weight excluding hydrogens is 295 g/mol. The summed E-state index contributed by atoms with van der Waals surface area (Å²) < 4.78 is 13.0. The first-order chi connectivity index (χ1) is 11.0. The number of carbonyl (C=O) groups excluding carboxylic acids is 2. The summed E-state index contributed by atoms with van der Waals surface area (Å²) in [5, 5.41) is 2.90. The normalized spacial score (nSPS) is 17.4. The van der Waals surface area contributed by atoms with Gasteiger partial charge in [0.25, 0.3) is 5.91 Å². The number of benzene rings is 2. The van der Waals surface area contributed by atoms with E-state index in [0.29, 0.717) is 17.8 Å². The number of amides is 2. The third kappa shape index (κ3) is 3.23. The summed E-state index contributed by atoms with van der Waals surface area (Å²) >= 11 is 0. The fourth-order valence-electron chi connectivity index (χ4n) is 2.77. The Morgan fingerprint density at radius 2 is 1.87 bits per heavy atom. The van der Waals surface area contributed by atoms with Crippen LogP contribution in [0.25, 0.3) is 0 Å². The van der Waals surface area contributed by atoms with Gasteiger partial charge in [0.05, 0.1) is 6.04 Å². The molecule has 5 heteroatoms. The summed E-state index contributed by atoms with van der Waals surface area (Å²) in [6.07, 6.45) is 0.245. The van der Waals surface area contributed by atoms with Gasteiger partial charge < -0.3 is 10.2 Å². The van der Waals surface area contributed by atoms with Crippen LogP contribution in [0.2, 0.25) is 0 Å². The van der Waals surface area contributed by atoms with Crippen LogP contribution >= 0.6 is 0 Å². The molecule has 1 N–H and O–H groups in total. The molecule has 1 aliphatic heterocycles. The van der Waals surface area contributed by atoms with Crippen molar-refractivity contribution in [3.05, 3.63) is 65.5 Å². The van der Waals surface area contributed by atoms with Crippen LogP contribution in [0.1, 0.15) is 22.3 Å². The largest absolute Gasteiger partial charge is 0.347 e. The van der Waals surface area contributed by atoms with E-state index in [0.717, 1.165) is 5.56 Å². The number of hydrogen-bond acceptors (Lipinski definition) is 2. The van der Waals surface area contributed by atoms with E-state index in [1.54, 1.807) is 23.1 Å². The van der Waals surface area contributed by atoms with Crippen LogP contribution in [0.5, 0.6) is 0 Å².